The van der Waals surface area contributed by atoms with Crippen LogP contribution in [-0.4, -0.2) is 58.0 Å². The fourth-order valence-electron chi connectivity index (χ4n) is 3.95. The zero-order chi connectivity index (χ0) is 22.5. The fourth-order valence-corrected chi connectivity index (χ4v) is 3.95. The number of nitrogens with zero attached hydrogens (tertiary/aromatic N) is 2. The monoisotopic (exact) mass is 417 g/mol. The summed E-state index contributed by atoms with van der Waals surface area (Å²) in [6.07, 6.45) is 4.24. The molecule has 2 rings (SSSR count). The summed E-state index contributed by atoms with van der Waals surface area (Å²) in [7, 11) is 8.22. The molecular weight excluding hydrogens is 376 g/mol. The summed E-state index contributed by atoms with van der Waals surface area (Å²) in [4.78, 5) is 31.1. The molecular formula is C24H41N4O2+. The number of carbonyl (C=O) groups excluding carboxylic acids is 2. The lowest BCUT2D eigenvalue weighted by atomic mass is 9.94. The van der Waals surface area contributed by atoms with Crippen LogP contribution >= 0.6 is 0 Å². The number of benzene rings is 1. The molecule has 2 N–H and O–H groups in total. The van der Waals surface area contributed by atoms with Gasteiger partial charge in [-0.15, -0.1) is 0 Å². The first-order valence-corrected chi connectivity index (χ1v) is 11.2. The highest BCUT2D eigenvalue weighted by atomic mass is 16.2. The minimum absolute atomic E-state index is 0.120. The van der Waals surface area contributed by atoms with Gasteiger partial charge >= 0.3 is 0 Å². The largest absolute Gasteiger partial charge is 0.377 e. The van der Waals surface area contributed by atoms with Gasteiger partial charge in [0.25, 0.3) is 0 Å². The lowest BCUT2D eigenvalue weighted by Crippen LogP contribution is -3.06. The SMILES string of the molecule is CN(C)c1ccc(NC(=O)C2CCCC2)cc1CN(CC[NH+](C)C)C(=O)C(C)(C)C. The van der Waals surface area contributed by atoms with E-state index in [4.69, 9.17) is 0 Å². The molecule has 2 amide bonds. The molecule has 0 unspecified atom stereocenters. The third-order valence-electron chi connectivity index (χ3n) is 5.73. The van der Waals surface area contributed by atoms with Crippen molar-refractivity contribution in [2.75, 3.05) is 51.5 Å². The number of rotatable bonds is 8. The second-order valence-corrected chi connectivity index (χ2v) is 10.1. The van der Waals surface area contributed by atoms with Crippen molar-refractivity contribution in [2.45, 2.75) is 53.0 Å². The molecule has 1 aromatic rings. The number of anilines is 2. The maximum Gasteiger partial charge on any atom is 0.228 e. The predicted octanol–water partition coefficient (Wildman–Crippen LogP) is 2.40. The van der Waals surface area contributed by atoms with E-state index in [0.717, 1.165) is 49.2 Å². The van der Waals surface area contributed by atoms with Gasteiger partial charge in [-0.3, -0.25) is 9.59 Å². The number of amides is 2. The average Bonchev–Trinajstić information content (AvgIpc) is 3.18. The Labute approximate surface area is 182 Å². The Bertz CT molecular complexity index is 731. The first-order chi connectivity index (χ1) is 14.0. The van der Waals surface area contributed by atoms with Crippen LogP contribution in [0.1, 0.15) is 52.0 Å². The first kappa shape index (κ1) is 24.2. The zero-order valence-electron chi connectivity index (χ0n) is 20.0. The third kappa shape index (κ3) is 6.73. The summed E-state index contributed by atoms with van der Waals surface area (Å²) < 4.78 is 0. The highest BCUT2D eigenvalue weighted by Gasteiger charge is 2.28. The molecule has 1 aromatic carbocycles. The van der Waals surface area contributed by atoms with Gasteiger partial charge in [0.1, 0.15) is 0 Å². The normalized spacial score (nSPS) is 14.8. The van der Waals surface area contributed by atoms with Gasteiger partial charge in [-0.05, 0) is 36.6 Å². The Morgan fingerprint density at radius 1 is 1.13 bits per heavy atom. The van der Waals surface area contributed by atoms with Gasteiger partial charge in [0.05, 0.1) is 27.2 Å². The molecule has 0 spiro atoms. The van der Waals surface area contributed by atoms with Crippen molar-refractivity contribution in [3.8, 4) is 0 Å². The topological polar surface area (TPSA) is 57.1 Å². The summed E-state index contributed by atoms with van der Waals surface area (Å²) >= 11 is 0. The van der Waals surface area contributed by atoms with E-state index >= 15 is 0 Å². The van der Waals surface area contributed by atoms with E-state index in [0.29, 0.717) is 13.1 Å². The minimum atomic E-state index is -0.436. The molecule has 0 heterocycles. The summed E-state index contributed by atoms with van der Waals surface area (Å²) in [5.41, 5.74) is 2.50. The zero-order valence-corrected chi connectivity index (χ0v) is 20.0. The van der Waals surface area contributed by atoms with Crippen LogP contribution in [-0.2, 0) is 16.1 Å². The van der Waals surface area contributed by atoms with E-state index in [2.05, 4.69) is 24.3 Å². The van der Waals surface area contributed by atoms with E-state index in [9.17, 15) is 9.59 Å². The van der Waals surface area contributed by atoms with Gasteiger partial charge in [-0.25, -0.2) is 0 Å². The number of hydrogen-bond acceptors (Lipinski definition) is 3. The summed E-state index contributed by atoms with van der Waals surface area (Å²) in [6, 6.07) is 6.04. The molecule has 1 aliphatic carbocycles. The second-order valence-electron chi connectivity index (χ2n) is 10.1. The number of quaternary nitrogens is 1. The van der Waals surface area contributed by atoms with Gasteiger partial charge in [0, 0.05) is 43.3 Å². The van der Waals surface area contributed by atoms with Gasteiger partial charge in [-0.1, -0.05) is 33.6 Å². The first-order valence-electron chi connectivity index (χ1n) is 11.2. The van der Waals surface area contributed by atoms with Crippen molar-refractivity contribution in [1.82, 2.24) is 4.90 Å². The minimum Gasteiger partial charge on any atom is -0.377 e. The maximum absolute atomic E-state index is 13.1. The van der Waals surface area contributed by atoms with Crippen LogP contribution in [0.2, 0.25) is 0 Å². The number of hydrogen-bond donors (Lipinski definition) is 2. The molecule has 1 aliphatic rings. The average molecular weight is 418 g/mol. The highest BCUT2D eigenvalue weighted by molar-refractivity contribution is 5.93. The molecule has 168 valence electrons. The molecule has 0 atom stereocenters. The van der Waals surface area contributed by atoms with E-state index in [1.165, 1.54) is 4.90 Å². The van der Waals surface area contributed by atoms with E-state index < -0.39 is 5.41 Å². The van der Waals surface area contributed by atoms with Gasteiger partial charge in [0.15, 0.2) is 0 Å². The van der Waals surface area contributed by atoms with Crippen LogP contribution in [0.4, 0.5) is 11.4 Å². The van der Waals surface area contributed by atoms with Crippen molar-refractivity contribution < 1.29 is 14.5 Å². The standard InChI is InChI=1S/C24H40N4O2/c1-24(2,3)23(30)28(15-14-26(4)5)17-19-16-20(12-13-21(19)27(6)7)25-22(29)18-10-8-9-11-18/h12-13,16,18H,8-11,14-15,17H2,1-7H3,(H,25,29)/p+1. The molecule has 0 aromatic heterocycles. The van der Waals surface area contributed by atoms with Gasteiger partial charge in [0.2, 0.25) is 11.8 Å². The molecule has 1 saturated carbocycles. The lowest BCUT2D eigenvalue weighted by molar-refractivity contribution is -0.857. The molecule has 1 fully saturated rings. The number of likely N-dealkylation sites (N-methyl/N-ethyl adjacent to an activating group) is 1. The fraction of sp³-hybridized carbons (Fsp3) is 0.667. The van der Waals surface area contributed by atoms with E-state index in [1.807, 2.05) is 58.0 Å². The Morgan fingerprint density at radius 3 is 2.30 bits per heavy atom. The van der Waals surface area contributed by atoms with Crippen molar-refractivity contribution in [2.24, 2.45) is 11.3 Å². The molecule has 30 heavy (non-hydrogen) atoms. The van der Waals surface area contributed by atoms with Crippen molar-refractivity contribution in [3.63, 3.8) is 0 Å². The van der Waals surface area contributed by atoms with Crippen LogP contribution in [0.3, 0.4) is 0 Å². The number of carbonyl (C=O) groups is 2. The molecule has 0 bridgehead atoms. The summed E-state index contributed by atoms with van der Waals surface area (Å²) in [5.74, 6) is 0.396. The van der Waals surface area contributed by atoms with E-state index in [1.54, 1.807) is 0 Å². The van der Waals surface area contributed by atoms with Crippen molar-refractivity contribution in [3.05, 3.63) is 23.8 Å². The molecule has 0 saturated heterocycles. The van der Waals surface area contributed by atoms with Gasteiger partial charge < -0.3 is 20.0 Å². The molecule has 0 aliphatic heterocycles. The van der Waals surface area contributed by atoms with Crippen LogP contribution in [0, 0.1) is 11.3 Å². The van der Waals surface area contributed by atoms with Crippen molar-refractivity contribution >= 4 is 23.2 Å². The molecule has 6 heteroatoms. The predicted molar refractivity (Wildman–Crippen MR) is 124 cm³/mol. The van der Waals surface area contributed by atoms with Crippen LogP contribution in [0.5, 0.6) is 0 Å². The van der Waals surface area contributed by atoms with Crippen LogP contribution in [0.25, 0.3) is 0 Å². The second kappa shape index (κ2) is 10.3. The van der Waals surface area contributed by atoms with E-state index in [-0.39, 0.29) is 17.7 Å². The number of nitrogens with one attached hydrogen (secondary N) is 2. The summed E-state index contributed by atoms with van der Waals surface area (Å²) in [5, 5.41) is 3.11. The molecule has 0 radical (unpaired) electrons. The van der Waals surface area contributed by atoms with Crippen molar-refractivity contribution in [1.29, 1.82) is 0 Å². The Morgan fingerprint density at radius 2 is 1.77 bits per heavy atom. The Hall–Kier alpha value is -2.08. The van der Waals surface area contributed by atoms with Gasteiger partial charge in [-0.2, -0.15) is 0 Å². The maximum atomic E-state index is 13.1. The highest BCUT2D eigenvalue weighted by Crippen LogP contribution is 2.29. The quantitative estimate of drug-likeness (QED) is 0.683. The Balaban J connectivity index is 2.27. The van der Waals surface area contributed by atoms with Crippen LogP contribution in [0.15, 0.2) is 18.2 Å². The van der Waals surface area contributed by atoms with Crippen LogP contribution < -0.4 is 15.1 Å². The summed E-state index contributed by atoms with van der Waals surface area (Å²) in [6.45, 7) is 8.02. The lowest BCUT2D eigenvalue weighted by Gasteiger charge is -2.31. The Kier molecular flexibility index (Phi) is 8.30. The smallest absolute Gasteiger partial charge is 0.228 e. The third-order valence-corrected chi connectivity index (χ3v) is 5.73. The molecule has 6 nitrogen and oxygen atoms in total.